The van der Waals surface area contributed by atoms with E-state index in [1.54, 1.807) is 6.20 Å². The summed E-state index contributed by atoms with van der Waals surface area (Å²) in [6, 6.07) is 9.07. The first-order valence-corrected chi connectivity index (χ1v) is 8.56. The molecule has 0 amide bonds. The molecule has 0 atom stereocenters. The predicted octanol–water partition coefficient (Wildman–Crippen LogP) is 3.18. The van der Waals surface area contributed by atoms with Gasteiger partial charge in [-0.25, -0.2) is 19.3 Å². The molecule has 0 saturated carbocycles. The molecule has 0 saturated heterocycles. The second-order valence-electron chi connectivity index (χ2n) is 6.42. The molecule has 6 nitrogen and oxygen atoms in total. The average Bonchev–Trinajstić information content (AvgIpc) is 3.01. The van der Waals surface area contributed by atoms with Gasteiger partial charge in [0.05, 0.1) is 25.0 Å². The monoisotopic (exact) mass is 363 g/mol. The maximum absolute atomic E-state index is 13.7. The van der Waals surface area contributed by atoms with Crippen molar-refractivity contribution in [2.75, 3.05) is 0 Å². The molecule has 0 radical (unpaired) electrons. The Balaban J connectivity index is 1.91. The van der Waals surface area contributed by atoms with Crippen LogP contribution in [0.5, 0.6) is 0 Å². The standard InChI is InChI=1S/C20H18FN5O/c1-12-18-20(24-13(2)23-12)26(10-14-3-5-15(11-27)6-4-14)19(25-18)16-7-17(21)9-22-8-16/h3-9,27H,10-11H2,1-2H3. The van der Waals surface area contributed by atoms with Crippen molar-refractivity contribution in [2.24, 2.45) is 0 Å². The van der Waals surface area contributed by atoms with Gasteiger partial charge in [0.15, 0.2) is 5.65 Å². The Morgan fingerprint density at radius 2 is 1.74 bits per heavy atom. The van der Waals surface area contributed by atoms with Gasteiger partial charge in [-0.1, -0.05) is 24.3 Å². The SMILES string of the molecule is Cc1nc(C)c2nc(-c3cncc(F)c3)n(Cc3ccc(CO)cc3)c2n1. The molecule has 1 aromatic carbocycles. The zero-order valence-corrected chi connectivity index (χ0v) is 15.0. The van der Waals surface area contributed by atoms with Crippen LogP contribution in [0.3, 0.4) is 0 Å². The van der Waals surface area contributed by atoms with E-state index in [9.17, 15) is 9.50 Å². The molecule has 0 aliphatic heterocycles. The molecule has 0 spiro atoms. The molecule has 4 rings (SSSR count). The number of hydrogen-bond acceptors (Lipinski definition) is 5. The number of benzene rings is 1. The molecule has 0 bridgehead atoms. The first-order chi connectivity index (χ1) is 13.0. The maximum Gasteiger partial charge on any atom is 0.164 e. The number of nitrogens with zero attached hydrogens (tertiary/aromatic N) is 5. The van der Waals surface area contributed by atoms with Crippen LogP contribution >= 0.6 is 0 Å². The van der Waals surface area contributed by atoms with E-state index in [4.69, 9.17) is 0 Å². The number of aromatic nitrogens is 5. The summed E-state index contributed by atoms with van der Waals surface area (Å²) in [6.07, 6.45) is 2.75. The van der Waals surface area contributed by atoms with Gasteiger partial charge in [0.2, 0.25) is 0 Å². The molecule has 0 aliphatic carbocycles. The average molecular weight is 363 g/mol. The van der Waals surface area contributed by atoms with Crippen LogP contribution in [0.25, 0.3) is 22.6 Å². The third-order valence-corrected chi connectivity index (χ3v) is 4.39. The van der Waals surface area contributed by atoms with Gasteiger partial charge in [0, 0.05) is 11.8 Å². The second kappa shape index (κ2) is 6.85. The van der Waals surface area contributed by atoms with Crippen molar-refractivity contribution in [1.82, 2.24) is 24.5 Å². The van der Waals surface area contributed by atoms with E-state index in [0.29, 0.717) is 34.9 Å². The van der Waals surface area contributed by atoms with Gasteiger partial charge in [-0.3, -0.25) is 4.98 Å². The minimum absolute atomic E-state index is 0.000111. The fraction of sp³-hybridized carbons (Fsp3) is 0.200. The number of hydrogen-bond donors (Lipinski definition) is 1. The zero-order chi connectivity index (χ0) is 19.0. The largest absolute Gasteiger partial charge is 0.392 e. The summed E-state index contributed by atoms with van der Waals surface area (Å²) in [7, 11) is 0. The predicted molar refractivity (Wildman–Crippen MR) is 99.5 cm³/mol. The van der Waals surface area contributed by atoms with Crippen LogP contribution in [0, 0.1) is 19.7 Å². The summed E-state index contributed by atoms with van der Waals surface area (Å²) in [5, 5.41) is 9.23. The Morgan fingerprint density at radius 1 is 1.00 bits per heavy atom. The van der Waals surface area contributed by atoms with E-state index in [2.05, 4.69) is 19.9 Å². The number of aliphatic hydroxyl groups excluding tert-OH is 1. The third-order valence-electron chi connectivity index (χ3n) is 4.39. The Labute approximate surface area is 155 Å². The number of fused-ring (bicyclic) bond motifs is 1. The van der Waals surface area contributed by atoms with Crippen LogP contribution in [-0.4, -0.2) is 29.6 Å². The Hall–Kier alpha value is -3.19. The summed E-state index contributed by atoms with van der Waals surface area (Å²) in [6.45, 7) is 4.23. The van der Waals surface area contributed by atoms with Gasteiger partial charge in [0.25, 0.3) is 0 Å². The molecule has 0 aliphatic rings. The number of aliphatic hydroxyl groups is 1. The smallest absolute Gasteiger partial charge is 0.164 e. The summed E-state index contributed by atoms with van der Waals surface area (Å²) in [4.78, 5) is 17.6. The highest BCUT2D eigenvalue weighted by molar-refractivity contribution is 5.79. The molecule has 27 heavy (non-hydrogen) atoms. The lowest BCUT2D eigenvalue weighted by Gasteiger charge is -2.10. The third kappa shape index (κ3) is 3.29. The quantitative estimate of drug-likeness (QED) is 0.603. The minimum atomic E-state index is -0.419. The first kappa shape index (κ1) is 17.2. The zero-order valence-electron chi connectivity index (χ0n) is 15.0. The molecule has 0 fully saturated rings. The fourth-order valence-corrected chi connectivity index (χ4v) is 3.11. The van der Waals surface area contributed by atoms with Crippen molar-refractivity contribution in [1.29, 1.82) is 0 Å². The number of imidazole rings is 1. The Kier molecular flexibility index (Phi) is 4.37. The molecule has 136 valence electrons. The molecule has 1 N–H and O–H groups in total. The fourth-order valence-electron chi connectivity index (χ4n) is 3.11. The van der Waals surface area contributed by atoms with E-state index in [1.165, 1.54) is 12.3 Å². The van der Waals surface area contributed by atoms with E-state index in [-0.39, 0.29) is 6.61 Å². The van der Waals surface area contributed by atoms with E-state index >= 15 is 0 Å². The highest BCUT2D eigenvalue weighted by atomic mass is 19.1. The highest BCUT2D eigenvalue weighted by Gasteiger charge is 2.17. The Morgan fingerprint density at radius 3 is 2.44 bits per heavy atom. The molecular formula is C20H18FN5O. The van der Waals surface area contributed by atoms with E-state index < -0.39 is 5.82 Å². The van der Waals surface area contributed by atoms with Crippen LogP contribution in [0.4, 0.5) is 4.39 Å². The number of pyridine rings is 1. The van der Waals surface area contributed by atoms with Crippen LogP contribution in [0.15, 0.2) is 42.7 Å². The lowest BCUT2D eigenvalue weighted by atomic mass is 10.1. The van der Waals surface area contributed by atoms with Crippen molar-refractivity contribution < 1.29 is 9.50 Å². The first-order valence-electron chi connectivity index (χ1n) is 8.56. The topological polar surface area (TPSA) is 76.7 Å². The number of rotatable bonds is 4. The summed E-state index contributed by atoms with van der Waals surface area (Å²) >= 11 is 0. The van der Waals surface area contributed by atoms with Crippen LogP contribution in [0.2, 0.25) is 0 Å². The van der Waals surface area contributed by atoms with E-state index in [1.807, 2.05) is 42.7 Å². The van der Waals surface area contributed by atoms with Crippen LogP contribution in [-0.2, 0) is 13.2 Å². The van der Waals surface area contributed by atoms with Crippen molar-refractivity contribution in [2.45, 2.75) is 27.0 Å². The normalized spacial score (nSPS) is 11.3. The van der Waals surface area contributed by atoms with Gasteiger partial charge in [-0.05, 0) is 31.0 Å². The van der Waals surface area contributed by atoms with Gasteiger partial charge in [-0.2, -0.15) is 0 Å². The molecular weight excluding hydrogens is 345 g/mol. The molecule has 3 aromatic heterocycles. The van der Waals surface area contributed by atoms with Crippen molar-refractivity contribution >= 4 is 11.2 Å². The van der Waals surface area contributed by atoms with Crippen molar-refractivity contribution in [3.63, 3.8) is 0 Å². The lowest BCUT2D eigenvalue weighted by Crippen LogP contribution is -2.05. The van der Waals surface area contributed by atoms with Crippen LogP contribution in [0.1, 0.15) is 22.6 Å². The van der Waals surface area contributed by atoms with Gasteiger partial charge < -0.3 is 9.67 Å². The maximum atomic E-state index is 13.7. The molecule has 0 unspecified atom stereocenters. The molecule has 3 heterocycles. The molecule has 4 aromatic rings. The van der Waals surface area contributed by atoms with Gasteiger partial charge in [0.1, 0.15) is 23.0 Å². The number of halogens is 1. The Bertz CT molecular complexity index is 1120. The summed E-state index contributed by atoms with van der Waals surface area (Å²) in [5.74, 6) is 0.823. The van der Waals surface area contributed by atoms with Crippen LogP contribution < -0.4 is 0 Å². The second-order valence-corrected chi connectivity index (χ2v) is 6.42. The summed E-state index contributed by atoms with van der Waals surface area (Å²) in [5.41, 5.74) is 4.61. The highest BCUT2D eigenvalue weighted by Crippen LogP contribution is 2.26. The lowest BCUT2D eigenvalue weighted by molar-refractivity contribution is 0.282. The number of aryl methyl sites for hydroxylation is 2. The minimum Gasteiger partial charge on any atom is -0.392 e. The molecule has 7 heteroatoms. The summed E-state index contributed by atoms with van der Waals surface area (Å²) < 4.78 is 15.7. The van der Waals surface area contributed by atoms with Crippen molar-refractivity contribution in [3.8, 4) is 11.4 Å². The van der Waals surface area contributed by atoms with Gasteiger partial charge >= 0.3 is 0 Å². The van der Waals surface area contributed by atoms with Crippen molar-refractivity contribution in [3.05, 3.63) is 71.2 Å². The van der Waals surface area contributed by atoms with E-state index in [0.717, 1.165) is 16.8 Å². The van der Waals surface area contributed by atoms with Gasteiger partial charge in [-0.15, -0.1) is 0 Å².